The van der Waals surface area contributed by atoms with Crippen molar-refractivity contribution in [2.24, 2.45) is 0 Å². The van der Waals surface area contributed by atoms with Gasteiger partial charge in [-0.2, -0.15) is 0 Å². The Kier molecular flexibility index (Phi) is 6.08. The minimum absolute atomic E-state index is 0.0563. The highest BCUT2D eigenvalue weighted by Gasteiger charge is 2.28. The van der Waals surface area contributed by atoms with Crippen LogP contribution < -0.4 is 4.74 Å². The van der Waals surface area contributed by atoms with Gasteiger partial charge < -0.3 is 14.5 Å². The summed E-state index contributed by atoms with van der Waals surface area (Å²) >= 11 is 0. The molecule has 0 spiro atoms. The van der Waals surface area contributed by atoms with E-state index < -0.39 is 0 Å². The Hall–Kier alpha value is -2.59. The maximum Gasteiger partial charge on any atom is 0.247 e. The zero-order valence-electron chi connectivity index (χ0n) is 15.5. The van der Waals surface area contributed by atoms with Crippen LogP contribution in [-0.4, -0.2) is 49.0 Å². The average Bonchev–Trinajstić information content (AvgIpc) is 2.68. The molecular weight excluding hydrogens is 324 g/mol. The molecule has 1 amide bonds. The van der Waals surface area contributed by atoms with Gasteiger partial charge in [-0.3, -0.25) is 4.79 Å². The first-order valence-electron chi connectivity index (χ1n) is 9.12. The summed E-state index contributed by atoms with van der Waals surface area (Å²) in [4.78, 5) is 17.1. The van der Waals surface area contributed by atoms with Crippen molar-refractivity contribution in [2.45, 2.75) is 13.0 Å². The van der Waals surface area contributed by atoms with E-state index >= 15 is 0 Å². The highest BCUT2D eigenvalue weighted by molar-refractivity contribution is 5.92. The summed E-state index contributed by atoms with van der Waals surface area (Å²) in [6.07, 6.45) is 3.55. The fraction of sp³-hybridized carbons (Fsp3) is 0.318. The van der Waals surface area contributed by atoms with Crippen LogP contribution in [0.1, 0.15) is 24.1 Å². The number of piperazine rings is 1. The van der Waals surface area contributed by atoms with Crippen LogP contribution in [0.4, 0.5) is 0 Å². The van der Waals surface area contributed by atoms with Crippen LogP contribution in [-0.2, 0) is 4.79 Å². The molecule has 136 valence electrons. The predicted molar refractivity (Wildman–Crippen MR) is 105 cm³/mol. The lowest BCUT2D eigenvalue weighted by molar-refractivity contribution is -0.130. The Labute approximate surface area is 155 Å². The van der Waals surface area contributed by atoms with E-state index in [4.69, 9.17) is 4.74 Å². The number of rotatable bonds is 5. The molecule has 26 heavy (non-hydrogen) atoms. The van der Waals surface area contributed by atoms with E-state index in [2.05, 4.69) is 24.1 Å². The van der Waals surface area contributed by atoms with Gasteiger partial charge in [0.05, 0.1) is 12.6 Å². The molecule has 1 aliphatic rings. The van der Waals surface area contributed by atoms with Crippen LogP contribution in [0.2, 0.25) is 0 Å². The van der Waals surface area contributed by atoms with Gasteiger partial charge in [0.15, 0.2) is 0 Å². The monoisotopic (exact) mass is 350 g/mol. The lowest BCUT2D eigenvalue weighted by Crippen LogP contribution is -2.48. The fourth-order valence-electron chi connectivity index (χ4n) is 3.25. The molecule has 0 saturated carbocycles. The van der Waals surface area contributed by atoms with Crippen LogP contribution in [0.15, 0.2) is 60.7 Å². The zero-order chi connectivity index (χ0) is 18.4. The highest BCUT2D eigenvalue weighted by Crippen LogP contribution is 2.25. The summed E-state index contributed by atoms with van der Waals surface area (Å²) in [6.45, 7) is 5.10. The second-order valence-electron chi connectivity index (χ2n) is 6.56. The van der Waals surface area contributed by atoms with Crippen molar-refractivity contribution in [3.63, 3.8) is 0 Å². The molecule has 3 rings (SSSR count). The van der Waals surface area contributed by atoms with E-state index in [0.717, 1.165) is 30.9 Å². The van der Waals surface area contributed by atoms with Crippen molar-refractivity contribution in [2.75, 3.05) is 33.3 Å². The summed E-state index contributed by atoms with van der Waals surface area (Å²) in [5, 5.41) is 0. The van der Waals surface area contributed by atoms with Crippen LogP contribution in [0.3, 0.4) is 0 Å². The molecule has 0 aliphatic carbocycles. The maximum atomic E-state index is 12.8. The van der Waals surface area contributed by atoms with Gasteiger partial charge in [-0.25, -0.2) is 0 Å². The van der Waals surface area contributed by atoms with Gasteiger partial charge in [0, 0.05) is 25.7 Å². The van der Waals surface area contributed by atoms with Gasteiger partial charge in [-0.1, -0.05) is 42.5 Å². The third-order valence-corrected chi connectivity index (χ3v) is 4.66. The van der Waals surface area contributed by atoms with Crippen LogP contribution in [0.25, 0.3) is 6.08 Å². The number of likely N-dealkylation sites (N-methyl/N-ethyl adjacent to an activating group) is 1. The van der Waals surface area contributed by atoms with Gasteiger partial charge in [-0.15, -0.1) is 0 Å². The molecule has 4 nitrogen and oxygen atoms in total. The number of carbonyl (C=O) groups is 1. The summed E-state index contributed by atoms with van der Waals surface area (Å²) in [5.74, 6) is 0.903. The second-order valence-corrected chi connectivity index (χ2v) is 6.56. The molecule has 1 saturated heterocycles. The molecule has 0 radical (unpaired) electrons. The number of hydrogen-bond donors (Lipinski definition) is 0. The molecule has 2 aromatic rings. The number of hydrogen-bond acceptors (Lipinski definition) is 3. The van der Waals surface area contributed by atoms with E-state index in [1.165, 1.54) is 5.56 Å². The first-order valence-corrected chi connectivity index (χ1v) is 9.12. The maximum absolute atomic E-state index is 12.8. The molecular formula is C22H26N2O2. The lowest BCUT2D eigenvalue weighted by Gasteiger charge is -2.39. The minimum atomic E-state index is 0.0563. The van der Waals surface area contributed by atoms with Gasteiger partial charge in [0.25, 0.3) is 0 Å². The Morgan fingerprint density at radius 1 is 1.12 bits per heavy atom. The number of amides is 1. The molecule has 0 aromatic heterocycles. The highest BCUT2D eigenvalue weighted by atomic mass is 16.5. The van der Waals surface area contributed by atoms with Crippen LogP contribution >= 0.6 is 0 Å². The van der Waals surface area contributed by atoms with Gasteiger partial charge >= 0.3 is 0 Å². The molecule has 0 N–H and O–H groups in total. The van der Waals surface area contributed by atoms with Gasteiger partial charge in [0.2, 0.25) is 5.91 Å². The summed E-state index contributed by atoms with van der Waals surface area (Å²) in [5.41, 5.74) is 2.18. The van der Waals surface area contributed by atoms with Crippen molar-refractivity contribution < 1.29 is 9.53 Å². The molecule has 1 heterocycles. The van der Waals surface area contributed by atoms with Crippen LogP contribution in [0.5, 0.6) is 5.75 Å². The molecule has 2 aromatic carbocycles. The first-order chi connectivity index (χ1) is 12.7. The minimum Gasteiger partial charge on any atom is -0.494 e. The van der Waals surface area contributed by atoms with E-state index in [1.807, 2.05) is 60.4 Å². The van der Waals surface area contributed by atoms with Gasteiger partial charge in [-0.05, 0) is 43.3 Å². The smallest absolute Gasteiger partial charge is 0.247 e. The second kappa shape index (κ2) is 8.68. The van der Waals surface area contributed by atoms with E-state index in [1.54, 1.807) is 6.08 Å². The summed E-state index contributed by atoms with van der Waals surface area (Å²) in [7, 11) is 2.10. The SMILES string of the molecule is CCOc1ccc(/C=C/C(=O)N2CCN(C)CC2c2ccccc2)cc1. The fourth-order valence-corrected chi connectivity index (χ4v) is 3.25. The predicted octanol–water partition coefficient (Wildman–Crippen LogP) is 3.61. The molecule has 0 bridgehead atoms. The summed E-state index contributed by atoms with van der Waals surface area (Å²) < 4.78 is 5.45. The normalized spacial score (nSPS) is 18.2. The van der Waals surface area contributed by atoms with Crippen molar-refractivity contribution in [1.29, 1.82) is 0 Å². The molecule has 1 atom stereocenters. The number of nitrogens with zero attached hydrogens (tertiary/aromatic N) is 2. The first kappa shape index (κ1) is 18.2. The Bertz CT molecular complexity index is 740. The largest absolute Gasteiger partial charge is 0.494 e. The van der Waals surface area contributed by atoms with Crippen LogP contribution in [0, 0.1) is 0 Å². The average molecular weight is 350 g/mol. The molecule has 1 fully saturated rings. The molecule has 1 aliphatic heterocycles. The van der Waals surface area contributed by atoms with E-state index in [0.29, 0.717) is 6.61 Å². The summed E-state index contributed by atoms with van der Waals surface area (Å²) in [6, 6.07) is 18.1. The van der Waals surface area contributed by atoms with E-state index in [9.17, 15) is 4.79 Å². The Morgan fingerprint density at radius 3 is 2.54 bits per heavy atom. The number of benzene rings is 2. The zero-order valence-corrected chi connectivity index (χ0v) is 15.5. The topological polar surface area (TPSA) is 32.8 Å². The lowest BCUT2D eigenvalue weighted by atomic mass is 10.0. The third kappa shape index (κ3) is 4.52. The molecule has 4 heteroatoms. The van der Waals surface area contributed by atoms with Gasteiger partial charge in [0.1, 0.15) is 5.75 Å². The third-order valence-electron chi connectivity index (χ3n) is 4.66. The van der Waals surface area contributed by atoms with Crippen molar-refractivity contribution in [3.8, 4) is 5.75 Å². The standard InChI is InChI=1S/C22H26N2O2/c1-3-26-20-12-9-18(10-13-20)11-14-22(25)24-16-15-23(2)17-21(24)19-7-5-4-6-8-19/h4-14,21H,3,15-17H2,1-2H3/b14-11+. The van der Waals surface area contributed by atoms with Crippen molar-refractivity contribution >= 4 is 12.0 Å². The number of carbonyl (C=O) groups excluding carboxylic acids is 1. The molecule has 1 unspecified atom stereocenters. The number of ether oxygens (including phenoxy) is 1. The Balaban J connectivity index is 1.72. The van der Waals surface area contributed by atoms with E-state index in [-0.39, 0.29) is 11.9 Å². The quantitative estimate of drug-likeness (QED) is 0.772. The van der Waals surface area contributed by atoms with Crippen molar-refractivity contribution in [1.82, 2.24) is 9.80 Å². The Morgan fingerprint density at radius 2 is 1.85 bits per heavy atom. The van der Waals surface area contributed by atoms with Crippen molar-refractivity contribution in [3.05, 3.63) is 71.8 Å².